The first-order chi connectivity index (χ1) is 10.6. The highest BCUT2D eigenvalue weighted by molar-refractivity contribution is 6.06. The molecule has 112 valence electrons. The van der Waals surface area contributed by atoms with E-state index < -0.39 is 6.10 Å². The quantitative estimate of drug-likeness (QED) is 0.693. The highest BCUT2D eigenvalue weighted by Crippen LogP contribution is 2.18. The molecule has 22 heavy (non-hydrogen) atoms. The molecule has 1 atom stereocenters. The number of aliphatic hydroxyl groups is 1. The van der Waals surface area contributed by atoms with Crippen LogP contribution < -0.4 is 5.32 Å². The summed E-state index contributed by atoms with van der Waals surface area (Å²) in [6.07, 6.45) is 0.893. The number of hydrogen-bond donors (Lipinski definition) is 3. The zero-order valence-corrected chi connectivity index (χ0v) is 11.7. The maximum Gasteiger partial charge on any atom is 0.252 e. The second-order valence-corrected chi connectivity index (χ2v) is 5.02. The minimum atomic E-state index is -0.880. The summed E-state index contributed by atoms with van der Waals surface area (Å²) in [5.74, 6) is -0.620. The number of amides is 1. The molecule has 0 aliphatic rings. The van der Waals surface area contributed by atoms with Gasteiger partial charge in [0.1, 0.15) is 5.82 Å². The van der Waals surface area contributed by atoms with E-state index in [4.69, 9.17) is 0 Å². The highest BCUT2D eigenvalue weighted by Gasteiger charge is 2.13. The maximum atomic E-state index is 12.8. The Labute approximate surface area is 126 Å². The summed E-state index contributed by atoms with van der Waals surface area (Å²) in [7, 11) is 0. The normalized spacial score (nSPS) is 12.3. The summed E-state index contributed by atoms with van der Waals surface area (Å²) in [4.78, 5) is 15.3. The fourth-order valence-corrected chi connectivity index (χ4v) is 2.37. The first-order valence-electron chi connectivity index (χ1n) is 6.93. The molecule has 0 saturated heterocycles. The van der Waals surface area contributed by atoms with Crippen LogP contribution in [0, 0.1) is 5.82 Å². The predicted molar refractivity (Wildman–Crippen MR) is 82.0 cm³/mol. The van der Waals surface area contributed by atoms with E-state index in [0.717, 1.165) is 10.9 Å². The number of aromatic amines is 1. The molecule has 4 nitrogen and oxygen atoms in total. The molecule has 5 heteroatoms. The van der Waals surface area contributed by atoms with Crippen LogP contribution in [0.2, 0.25) is 0 Å². The highest BCUT2D eigenvalue weighted by atomic mass is 19.1. The van der Waals surface area contributed by atoms with Crippen molar-refractivity contribution in [3.8, 4) is 0 Å². The van der Waals surface area contributed by atoms with Crippen LogP contribution >= 0.6 is 0 Å². The molecule has 0 bridgehead atoms. The topological polar surface area (TPSA) is 65.1 Å². The molecule has 0 radical (unpaired) electrons. The fourth-order valence-electron chi connectivity index (χ4n) is 2.37. The first-order valence-corrected chi connectivity index (χ1v) is 6.93. The Balaban J connectivity index is 1.69. The number of H-pyrrole nitrogens is 1. The van der Waals surface area contributed by atoms with E-state index in [-0.39, 0.29) is 18.3 Å². The van der Waals surface area contributed by atoms with Gasteiger partial charge in [-0.2, -0.15) is 0 Å². The Hall–Kier alpha value is -2.66. The Bertz CT molecular complexity index is 796. The van der Waals surface area contributed by atoms with Gasteiger partial charge in [-0.05, 0) is 35.9 Å². The zero-order chi connectivity index (χ0) is 15.5. The van der Waals surface area contributed by atoms with Crippen LogP contribution in [0.25, 0.3) is 10.9 Å². The number of aromatic nitrogens is 1. The van der Waals surface area contributed by atoms with Gasteiger partial charge in [-0.25, -0.2) is 4.39 Å². The summed E-state index contributed by atoms with van der Waals surface area (Å²) in [5.41, 5.74) is 1.98. The van der Waals surface area contributed by atoms with Gasteiger partial charge in [0.2, 0.25) is 0 Å². The van der Waals surface area contributed by atoms with Crippen LogP contribution in [-0.2, 0) is 0 Å². The lowest BCUT2D eigenvalue weighted by molar-refractivity contribution is 0.0918. The van der Waals surface area contributed by atoms with Crippen molar-refractivity contribution >= 4 is 16.8 Å². The number of hydrogen-bond acceptors (Lipinski definition) is 2. The van der Waals surface area contributed by atoms with Crippen LogP contribution in [0.4, 0.5) is 4.39 Å². The number of rotatable bonds is 4. The lowest BCUT2D eigenvalue weighted by atomic mass is 10.1. The number of halogens is 1. The average molecular weight is 298 g/mol. The van der Waals surface area contributed by atoms with Gasteiger partial charge in [0.05, 0.1) is 6.10 Å². The SMILES string of the molecule is O=C(NCC(O)c1ccc(F)cc1)c1cccc2[nH]ccc12. The number of benzene rings is 2. The van der Waals surface area contributed by atoms with Crippen molar-refractivity contribution in [3.05, 3.63) is 71.7 Å². The largest absolute Gasteiger partial charge is 0.387 e. The fraction of sp³-hybridized carbons (Fsp3) is 0.118. The van der Waals surface area contributed by atoms with Gasteiger partial charge in [0.25, 0.3) is 5.91 Å². The molecular weight excluding hydrogens is 283 g/mol. The smallest absolute Gasteiger partial charge is 0.252 e. The molecule has 1 amide bonds. The lowest BCUT2D eigenvalue weighted by Gasteiger charge is -2.12. The molecule has 3 N–H and O–H groups in total. The second kappa shape index (κ2) is 5.99. The van der Waals surface area contributed by atoms with Gasteiger partial charge in [0, 0.05) is 29.2 Å². The summed E-state index contributed by atoms with van der Waals surface area (Å²) in [6.45, 7) is 0.0608. The Morgan fingerprint density at radius 3 is 2.73 bits per heavy atom. The van der Waals surface area contributed by atoms with Crippen LogP contribution in [-0.4, -0.2) is 22.5 Å². The van der Waals surface area contributed by atoms with Crippen molar-refractivity contribution in [3.63, 3.8) is 0 Å². The number of aliphatic hydroxyl groups excluding tert-OH is 1. The van der Waals surface area contributed by atoms with Crippen molar-refractivity contribution in [1.82, 2.24) is 10.3 Å². The minimum Gasteiger partial charge on any atom is -0.387 e. The molecule has 1 unspecified atom stereocenters. The van der Waals surface area contributed by atoms with Crippen molar-refractivity contribution in [2.24, 2.45) is 0 Å². The lowest BCUT2D eigenvalue weighted by Crippen LogP contribution is -2.28. The van der Waals surface area contributed by atoms with Crippen LogP contribution in [0.1, 0.15) is 22.0 Å². The third kappa shape index (κ3) is 2.84. The summed E-state index contributed by atoms with van der Waals surface area (Å²) >= 11 is 0. The third-order valence-electron chi connectivity index (χ3n) is 3.55. The number of carbonyl (C=O) groups is 1. The van der Waals surface area contributed by atoms with E-state index in [1.54, 1.807) is 18.3 Å². The van der Waals surface area contributed by atoms with Gasteiger partial charge in [0.15, 0.2) is 0 Å². The van der Waals surface area contributed by atoms with E-state index in [9.17, 15) is 14.3 Å². The average Bonchev–Trinajstić information content (AvgIpc) is 3.01. The second-order valence-electron chi connectivity index (χ2n) is 5.02. The van der Waals surface area contributed by atoms with E-state index in [0.29, 0.717) is 11.1 Å². The molecule has 0 aliphatic carbocycles. The van der Waals surface area contributed by atoms with Gasteiger partial charge in [-0.3, -0.25) is 4.79 Å². The standard InChI is InChI=1S/C17H15FN2O2/c18-12-6-4-11(5-7-12)16(21)10-20-17(22)14-2-1-3-15-13(14)8-9-19-15/h1-9,16,19,21H,10H2,(H,20,22). The van der Waals surface area contributed by atoms with Crippen molar-refractivity contribution < 1.29 is 14.3 Å². The Morgan fingerprint density at radius 1 is 1.18 bits per heavy atom. The predicted octanol–water partition coefficient (Wildman–Crippen LogP) is 2.77. The van der Waals surface area contributed by atoms with E-state index in [1.807, 2.05) is 12.1 Å². The van der Waals surface area contributed by atoms with Crippen LogP contribution in [0.3, 0.4) is 0 Å². The number of nitrogens with one attached hydrogen (secondary N) is 2. The zero-order valence-electron chi connectivity index (χ0n) is 11.7. The summed E-state index contributed by atoms with van der Waals surface area (Å²) in [5, 5.41) is 13.6. The monoisotopic (exact) mass is 298 g/mol. The van der Waals surface area contributed by atoms with Crippen molar-refractivity contribution in [2.75, 3.05) is 6.54 Å². The molecule has 0 saturated carbocycles. The molecule has 3 aromatic rings. The van der Waals surface area contributed by atoms with Gasteiger partial charge >= 0.3 is 0 Å². The Kier molecular flexibility index (Phi) is 3.89. The number of fused-ring (bicyclic) bond motifs is 1. The molecule has 2 aromatic carbocycles. The Morgan fingerprint density at radius 2 is 1.95 bits per heavy atom. The van der Waals surface area contributed by atoms with Crippen LogP contribution in [0.15, 0.2) is 54.7 Å². The van der Waals surface area contributed by atoms with E-state index in [1.165, 1.54) is 24.3 Å². The maximum absolute atomic E-state index is 12.8. The molecule has 1 heterocycles. The molecule has 0 spiro atoms. The van der Waals surface area contributed by atoms with Gasteiger partial charge in [-0.15, -0.1) is 0 Å². The minimum absolute atomic E-state index is 0.0608. The van der Waals surface area contributed by atoms with E-state index >= 15 is 0 Å². The molecule has 1 aromatic heterocycles. The van der Waals surface area contributed by atoms with Crippen LogP contribution in [0.5, 0.6) is 0 Å². The molecule has 0 aliphatic heterocycles. The first kappa shape index (κ1) is 14.3. The van der Waals surface area contributed by atoms with E-state index in [2.05, 4.69) is 10.3 Å². The number of carbonyl (C=O) groups excluding carboxylic acids is 1. The van der Waals surface area contributed by atoms with Gasteiger partial charge in [-0.1, -0.05) is 18.2 Å². The van der Waals surface area contributed by atoms with Gasteiger partial charge < -0.3 is 15.4 Å². The third-order valence-corrected chi connectivity index (χ3v) is 3.55. The molecule has 0 fully saturated rings. The summed E-state index contributed by atoms with van der Waals surface area (Å²) < 4.78 is 12.8. The van der Waals surface area contributed by atoms with Crippen molar-refractivity contribution in [1.29, 1.82) is 0 Å². The summed E-state index contributed by atoms with van der Waals surface area (Å²) in [6, 6.07) is 12.8. The molecule has 3 rings (SSSR count). The van der Waals surface area contributed by atoms with Crippen molar-refractivity contribution in [2.45, 2.75) is 6.10 Å². The molecular formula is C17H15FN2O2.